The summed E-state index contributed by atoms with van der Waals surface area (Å²) in [6, 6.07) is 7.82. The van der Waals surface area contributed by atoms with Crippen molar-refractivity contribution in [2.75, 3.05) is 6.61 Å². The summed E-state index contributed by atoms with van der Waals surface area (Å²) in [5.74, 6) is -0.390. The number of aromatic amines is 1. The van der Waals surface area contributed by atoms with Crippen LogP contribution in [0.1, 0.15) is 16.3 Å². The third-order valence-electron chi connectivity index (χ3n) is 2.41. The van der Waals surface area contributed by atoms with Gasteiger partial charge in [-0.05, 0) is 18.2 Å². The van der Waals surface area contributed by atoms with E-state index in [0.717, 1.165) is 6.07 Å². The van der Waals surface area contributed by atoms with Gasteiger partial charge in [0.25, 0.3) is 5.56 Å². The fraction of sp³-hybridized carbons (Fsp3) is 0.154. The minimum Gasteiger partial charge on any atom is -0.493 e. The maximum atomic E-state index is 11.3. The fourth-order valence-electron chi connectivity index (χ4n) is 1.56. The second-order valence-electron chi connectivity index (χ2n) is 3.94. The molecule has 2 rings (SSSR count). The number of ether oxygens (including phenoxy) is 1. The highest BCUT2D eigenvalue weighted by Crippen LogP contribution is 2.17. The summed E-state index contributed by atoms with van der Waals surface area (Å²) in [5, 5.41) is 9.36. The molecule has 0 fully saturated rings. The summed E-state index contributed by atoms with van der Waals surface area (Å²) in [5.41, 5.74) is -0.790. The Bertz CT molecular complexity index is 684. The Labute approximate surface area is 119 Å². The highest BCUT2D eigenvalue weighted by Gasteiger charge is 2.08. The molecule has 1 heterocycles. The highest BCUT2D eigenvalue weighted by molar-refractivity contribution is 6.30. The summed E-state index contributed by atoms with van der Waals surface area (Å²) in [6.07, 6.45) is 0.281. The van der Waals surface area contributed by atoms with Gasteiger partial charge in [0.2, 0.25) is 0 Å². The topological polar surface area (TPSA) is 92.3 Å². The van der Waals surface area contributed by atoms with Crippen LogP contribution in [0.3, 0.4) is 0 Å². The van der Waals surface area contributed by atoms with E-state index < -0.39 is 11.5 Å². The molecule has 0 saturated carbocycles. The van der Waals surface area contributed by atoms with E-state index in [1.54, 1.807) is 24.3 Å². The smallest absolute Gasteiger partial charge is 0.354 e. The van der Waals surface area contributed by atoms with E-state index >= 15 is 0 Å². The van der Waals surface area contributed by atoms with E-state index in [2.05, 4.69) is 9.97 Å². The molecule has 0 bridgehead atoms. The zero-order chi connectivity index (χ0) is 14.5. The number of rotatable bonds is 5. The van der Waals surface area contributed by atoms with Gasteiger partial charge in [-0.3, -0.25) is 4.79 Å². The number of nitrogens with one attached hydrogen (secondary N) is 1. The molecular formula is C13H11ClN2O4. The predicted molar refractivity (Wildman–Crippen MR) is 72.5 cm³/mol. The summed E-state index contributed by atoms with van der Waals surface area (Å²) in [7, 11) is 0. The molecule has 0 saturated heterocycles. The molecule has 0 unspecified atom stereocenters. The maximum Gasteiger partial charge on any atom is 0.354 e. The molecule has 0 aliphatic rings. The second kappa shape index (κ2) is 6.21. The molecule has 20 heavy (non-hydrogen) atoms. The van der Waals surface area contributed by atoms with Crippen molar-refractivity contribution in [3.63, 3.8) is 0 Å². The van der Waals surface area contributed by atoms with Crippen molar-refractivity contribution in [1.29, 1.82) is 0 Å². The molecule has 0 radical (unpaired) electrons. The quantitative estimate of drug-likeness (QED) is 0.876. The summed E-state index contributed by atoms with van der Waals surface area (Å²) in [4.78, 5) is 28.3. The molecule has 0 aliphatic heterocycles. The first-order valence-electron chi connectivity index (χ1n) is 5.76. The van der Waals surface area contributed by atoms with Gasteiger partial charge in [-0.2, -0.15) is 0 Å². The van der Waals surface area contributed by atoms with Crippen LogP contribution in [0.5, 0.6) is 5.75 Å². The lowest BCUT2D eigenvalue weighted by molar-refractivity contribution is 0.0689. The Morgan fingerprint density at radius 3 is 2.90 bits per heavy atom. The van der Waals surface area contributed by atoms with E-state index in [9.17, 15) is 9.59 Å². The second-order valence-corrected chi connectivity index (χ2v) is 4.37. The van der Waals surface area contributed by atoms with Crippen molar-refractivity contribution in [2.24, 2.45) is 0 Å². The van der Waals surface area contributed by atoms with Gasteiger partial charge >= 0.3 is 5.97 Å². The molecule has 0 aliphatic carbocycles. The summed E-state index contributed by atoms with van der Waals surface area (Å²) in [6.45, 7) is 0.242. The lowest BCUT2D eigenvalue weighted by Gasteiger charge is -2.06. The van der Waals surface area contributed by atoms with Crippen LogP contribution < -0.4 is 10.3 Å². The van der Waals surface area contributed by atoms with Gasteiger partial charge in [-0.1, -0.05) is 17.7 Å². The normalized spacial score (nSPS) is 10.2. The van der Waals surface area contributed by atoms with Crippen molar-refractivity contribution in [1.82, 2.24) is 9.97 Å². The Kier molecular flexibility index (Phi) is 4.37. The van der Waals surface area contributed by atoms with Crippen LogP contribution >= 0.6 is 11.6 Å². The standard InChI is InChI=1S/C13H11ClN2O4/c14-8-2-1-3-9(6-8)20-5-4-11-15-10(13(18)19)7-12(17)16-11/h1-3,6-7H,4-5H2,(H,18,19)(H,15,16,17). The number of aromatic carboxylic acids is 1. The average molecular weight is 295 g/mol. The molecule has 1 aromatic heterocycles. The Morgan fingerprint density at radius 2 is 2.20 bits per heavy atom. The first-order valence-corrected chi connectivity index (χ1v) is 6.14. The van der Waals surface area contributed by atoms with Gasteiger partial charge < -0.3 is 14.8 Å². The largest absolute Gasteiger partial charge is 0.493 e. The van der Waals surface area contributed by atoms with E-state index in [4.69, 9.17) is 21.4 Å². The van der Waals surface area contributed by atoms with Crippen molar-refractivity contribution in [3.8, 4) is 5.75 Å². The number of nitrogens with zero attached hydrogens (tertiary/aromatic N) is 1. The van der Waals surface area contributed by atoms with Crippen molar-refractivity contribution < 1.29 is 14.6 Å². The molecular weight excluding hydrogens is 284 g/mol. The maximum absolute atomic E-state index is 11.3. The number of carboxylic acids is 1. The number of aromatic nitrogens is 2. The minimum absolute atomic E-state index is 0.242. The number of benzene rings is 1. The van der Waals surface area contributed by atoms with E-state index in [1.807, 2.05) is 0 Å². The number of hydrogen-bond acceptors (Lipinski definition) is 4. The third kappa shape index (κ3) is 3.83. The SMILES string of the molecule is O=C(O)c1cc(=O)[nH]c(CCOc2cccc(Cl)c2)n1. The first-order chi connectivity index (χ1) is 9.54. The monoisotopic (exact) mass is 294 g/mol. The molecule has 2 aromatic rings. The van der Waals surface area contributed by atoms with Crippen molar-refractivity contribution in [3.05, 3.63) is 57.2 Å². The van der Waals surface area contributed by atoms with Crippen LogP contribution in [0.4, 0.5) is 0 Å². The lowest BCUT2D eigenvalue weighted by Crippen LogP contribution is -2.17. The molecule has 0 amide bonds. The van der Waals surface area contributed by atoms with Crippen molar-refractivity contribution >= 4 is 17.6 Å². The molecule has 0 atom stereocenters. The number of halogens is 1. The van der Waals surface area contributed by atoms with Gasteiger partial charge in [0.05, 0.1) is 6.61 Å². The summed E-state index contributed by atoms with van der Waals surface area (Å²) >= 11 is 5.81. The molecule has 1 aromatic carbocycles. The van der Waals surface area contributed by atoms with E-state index in [0.29, 0.717) is 10.8 Å². The molecule has 6 nitrogen and oxygen atoms in total. The van der Waals surface area contributed by atoms with Gasteiger partial charge in [0, 0.05) is 17.5 Å². The molecule has 7 heteroatoms. The Balaban J connectivity index is 2.01. The summed E-state index contributed by atoms with van der Waals surface area (Å²) < 4.78 is 5.44. The highest BCUT2D eigenvalue weighted by atomic mass is 35.5. The zero-order valence-electron chi connectivity index (χ0n) is 10.3. The van der Waals surface area contributed by atoms with Crippen LogP contribution in [-0.2, 0) is 6.42 Å². The number of H-pyrrole nitrogens is 1. The van der Waals surface area contributed by atoms with Gasteiger partial charge in [0.15, 0.2) is 5.69 Å². The van der Waals surface area contributed by atoms with E-state index in [-0.39, 0.29) is 24.5 Å². The Morgan fingerprint density at radius 1 is 1.40 bits per heavy atom. The lowest BCUT2D eigenvalue weighted by atomic mass is 10.3. The van der Waals surface area contributed by atoms with Crippen LogP contribution in [0.15, 0.2) is 35.1 Å². The van der Waals surface area contributed by atoms with Crippen LogP contribution in [0.25, 0.3) is 0 Å². The number of hydrogen-bond donors (Lipinski definition) is 2. The molecule has 104 valence electrons. The van der Waals surface area contributed by atoms with Crippen LogP contribution in [-0.4, -0.2) is 27.7 Å². The predicted octanol–water partition coefficient (Wildman–Crippen LogP) is 1.74. The number of carbonyl (C=O) groups is 1. The minimum atomic E-state index is -1.24. The van der Waals surface area contributed by atoms with Gasteiger partial charge in [-0.15, -0.1) is 0 Å². The first kappa shape index (κ1) is 14.1. The fourth-order valence-corrected chi connectivity index (χ4v) is 1.74. The zero-order valence-corrected chi connectivity index (χ0v) is 11.1. The van der Waals surface area contributed by atoms with E-state index in [1.165, 1.54) is 0 Å². The molecule has 2 N–H and O–H groups in total. The Hall–Kier alpha value is -2.34. The number of carboxylic acid groups (broad SMARTS) is 1. The van der Waals surface area contributed by atoms with Crippen LogP contribution in [0, 0.1) is 0 Å². The molecule has 0 spiro atoms. The van der Waals surface area contributed by atoms with Crippen molar-refractivity contribution in [2.45, 2.75) is 6.42 Å². The van der Waals surface area contributed by atoms with Crippen LogP contribution in [0.2, 0.25) is 5.02 Å². The third-order valence-corrected chi connectivity index (χ3v) is 2.65. The average Bonchev–Trinajstić information content (AvgIpc) is 2.38. The van der Waals surface area contributed by atoms with Gasteiger partial charge in [-0.25, -0.2) is 9.78 Å². The van der Waals surface area contributed by atoms with Gasteiger partial charge in [0.1, 0.15) is 11.6 Å².